The highest BCUT2D eigenvalue weighted by molar-refractivity contribution is 5.94. The van der Waals surface area contributed by atoms with Crippen LogP contribution in [0.25, 0.3) is 11.7 Å². The van der Waals surface area contributed by atoms with Crippen LogP contribution in [0.4, 0.5) is 5.69 Å². The van der Waals surface area contributed by atoms with E-state index in [4.69, 9.17) is 4.98 Å². The van der Waals surface area contributed by atoms with E-state index < -0.39 is 0 Å². The summed E-state index contributed by atoms with van der Waals surface area (Å²) in [5.41, 5.74) is 5.51. The molecule has 0 saturated carbocycles. The molecule has 0 bridgehead atoms. The lowest BCUT2D eigenvalue weighted by Crippen LogP contribution is -2.31. The smallest absolute Gasteiger partial charge is 0.270 e. The van der Waals surface area contributed by atoms with E-state index in [-0.39, 0.29) is 11.9 Å². The molecule has 3 aromatic rings. The number of carbonyl (C=O) groups is 1. The number of nitrogens with zero attached hydrogens (tertiary/aromatic N) is 4. The minimum Gasteiger partial charge on any atom is -0.381 e. The number of amides is 1. The van der Waals surface area contributed by atoms with Gasteiger partial charge in [-0.3, -0.25) is 4.79 Å². The molecule has 1 atom stereocenters. The van der Waals surface area contributed by atoms with Crippen LogP contribution in [0.5, 0.6) is 0 Å². The molecule has 5 heterocycles. The van der Waals surface area contributed by atoms with Crippen molar-refractivity contribution in [3.05, 3.63) is 58.8 Å². The second kappa shape index (κ2) is 6.74. The van der Waals surface area contributed by atoms with Crippen LogP contribution in [0.3, 0.4) is 0 Å². The van der Waals surface area contributed by atoms with Crippen molar-refractivity contribution in [2.75, 3.05) is 11.9 Å². The predicted octanol–water partition coefficient (Wildman–Crippen LogP) is 2.41. The van der Waals surface area contributed by atoms with E-state index in [2.05, 4.69) is 32.9 Å². The zero-order chi connectivity index (χ0) is 19.1. The maximum Gasteiger partial charge on any atom is 0.270 e. The first-order valence-electron chi connectivity index (χ1n) is 9.76. The first-order valence-corrected chi connectivity index (χ1v) is 9.76. The van der Waals surface area contributed by atoms with Gasteiger partial charge in [-0.05, 0) is 43.9 Å². The second-order valence-corrected chi connectivity index (χ2v) is 7.45. The molecule has 2 aliphatic rings. The zero-order valence-electron chi connectivity index (χ0n) is 15.8. The minimum atomic E-state index is -0.0707. The molecule has 0 spiro atoms. The Bertz CT molecular complexity index is 1100. The van der Waals surface area contributed by atoms with Gasteiger partial charge in [-0.2, -0.15) is 5.10 Å². The van der Waals surface area contributed by atoms with Crippen molar-refractivity contribution in [1.82, 2.24) is 24.9 Å². The molecule has 1 unspecified atom stereocenters. The van der Waals surface area contributed by atoms with E-state index in [0.717, 1.165) is 53.4 Å². The molecule has 7 nitrogen and oxygen atoms in total. The summed E-state index contributed by atoms with van der Waals surface area (Å²) in [5.74, 6) is 0.709. The Balaban J connectivity index is 1.38. The van der Waals surface area contributed by atoms with Gasteiger partial charge in [-0.15, -0.1) is 0 Å². The number of anilines is 1. The van der Waals surface area contributed by atoms with Gasteiger partial charge in [0.1, 0.15) is 5.69 Å². The molecule has 28 heavy (non-hydrogen) atoms. The molecule has 7 heteroatoms. The van der Waals surface area contributed by atoms with Crippen molar-refractivity contribution in [3.8, 4) is 0 Å². The van der Waals surface area contributed by atoms with Crippen molar-refractivity contribution in [3.63, 3.8) is 0 Å². The molecule has 5 rings (SSSR count). The van der Waals surface area contributed by atoms with E-state index in [1.165, 1.54) is 0 Å². The van der Waals surface area contributed by atoms with Gasteiger partial charge < -0.3 is 10.6 Å². The van der Waals surface area contributed by atoms with Crippen molar-refractivity contribution >= 4 is 23.3 Å². The lowest BCUT2D eigenvalue weighted by Gasteiger charge is -2.12. The van der Waals surface area contributed by atoms with Crippen LogP contribution in [0.2, 0.25) is 0 Å². The van der Waals surface area contributed by atoms with Crippen LogP contribution in [0.15, 0.2) is 30.5 Å². The third kappa shape index (κ3) is 3.02. The third-order valence-electron chi connectivity index (χ3n) is 5.36. The van der Waals surface area contributed by atoms with Crippen LogP contribution in [0.1, 0.15) is 46.5 Å². The van der Waals surface area contributed by atoms with Crippen LogP contribution in [-0.4, -0.2) is 38.1 Å². The van der Waals surface area contributed by atoms with Crippen molar-refractivity contribution < 1.29 is 4.79 Å². The summed E-state index contributed by atoms with van der Waals surface area (Å²) in [6.45, 7) is 2.86. The molecule has 1 amide bonds. The van der Waals surface area contributed by atoms with Gasteiger partial charge in [0.05, 0.1) is 0 Å². The molecule has 0 fully saturated rings. The van der Waals surface area contributed by atoms with Gasteiger partial charge >= 0.3 is 0 Å². The van der Waals surface area contributed by atoms with Crippen LogP contribution in [0, 0.1) is 0 Å². The zero-order valence-corrected chi connectivity index (χ0v) is 15.8. The topological polar surface area (TPSA) is 84.2 Å². The number of carbonyl (C=O) groups excluding carboxylic acids is 1. The first-order chi connectivity index (χ1) is 13.7. The van der Waals surface area contributed by atoms with E-state index in [1.807, 2.05) is 35.8 Å². The normalized spacial score (nSPS) is 18.2. The van der Waals surface area contributed by atoms with Crippen molar-refractivity contribution in [2.24, 2.45) is 0 Å². The average molecular weight is 374 g/mol. The number of hydrogen-bond donors (Lipinski definition) is 2. The Morgan fingerprint density at radius 1 is 1.21 bits per heavy atom. The molecule has 0 saturated heterocycles. The summed E-state index contributed by atoms with van der Waals surface area (Å²) in [4.78, 5) is 21.7. The Hall–Kier alpha value is -3.22. The molecular formula is C21H22N6O. The molecular weight excluding hydrogens is 352 g/mol. The number of fused-ring (bicyclic) bond motifs is 4. The average Bonchev–Trinajstić information content (AvgIpc) is 3.08. The molecule has 3 aromatic heterocycles. The summed E-state index contributed by atoms with van der Waals surface area (Å²) >= 11 is 0. The fourth-order valence-corrected chi connectivity index (χ4v) is 3.82. The van der Waals surface area contributed by atoms with E-state index in [9.17, 15) is 4.79 Å². The molecule has 142 valence electrons. The maximum absolute atomic E-state index is 12.4. The highest BCUT2D eigenvalue weighted by atomic mass is 16.2. The van der Waals surface area contributed by atoms with Gasteiger partial charge in [0, 0.05) is 42.1 Å². The molecule has 0 radical (unpaired) electrons. The molecule has 2 aliphatic heterocycles. The lowest BCUT2D eigenvalue weighted by molar-refractivity contribution is 0.0937. The van der Waals surface area contributed by atoms with Crippen LogP contribution >= 0.6 is 0 Å². The maximum atomic E-state index is 12.4. The summed E-state index contributed by atoms with van der Waals surface area (Å²) < 4.78 is 1.82. The molecule has 0 aromatic carbocycles. The predicted molar refractivity (Wildman–Crippen MR) is 107 cm³/mol. The number of aromatic nitrogens is 4. The monoisotopic (exact) mass is 374 g/mol. The largest absolute Gasteiger partial charge is 0.381 e. The number of aryl methyl sites for hydroxylation is 3. The van der Waals surface area contributed by atoms with E-state index in [0.29, 0.717) is 18.5 Å². The second-order valence-electron chi connectivity index (χ2n) is 7.45. The number of nitrogens with one attached hydrogen (secondary N) is 2. The lowest BCUT2D eigenvalue weighted by atomic mass is 10.1. The Morgan fingerprint density at radius 3 is 3.07 bits per heavy atom. The van der Waals surface area contributed by atoms with Crippen molar-refractivity contribution in [2.45, 2.75) is 38.6 Å². The molecule has 2 N–H and O–H groups in total. The summed E-state index contributed by atoms with van der Waals surface area (Å²) in [6.07, 6.45) is 9.31. The first kappa shape index (κ1) is 16.9. The number of rotatable bonds is 3. The summed E-state index contributed by atoms with van der Waals surface area (Å²) in [6, 6.07) is 6.27. The Labute approximate surface area is 162 Å². The fourth-order valence-electron chi connectivity index (χ4n) is 3.82. The van der Waals surface area contributed by atoms with Gasteiger partial charge in [0.25, 0.3) is 5.91 Å². The Morgan fingerprint density at radius 2 is 2.14 bits per heavy atom. The van der Waals surface area contributed by atoms with Crippen LogP contribution < -0.4 is 10.6 Å². The Kier molecular flexibility index (Phi) is 4.07. The SMILES string of the molecule is CC1CCc2ccc(CCc3nc4c5c(ccn4n3)NCC=C5)nc2C(=O)N1. The fraction of sp³-hybridized carbons (Fsp3) is 0.333. The highest BCUT2D eigenvalue weighted by Crippen LogP contribution is 2.24. The van der Waals surface area contributed by atoms with E-state index in [1.54, 1.807) is 0 Å². The minimum absolute atomic E-state index is 0.0707. The van der Waals surface area contributed by atoms with Crippen molar-refractivity contribution in [1.29, 1.82) is 0 Å². The van der Waals surface area contributed by atoms with Gasteiger partial charge in [0.2, 0.25) is 0 Å². The van der Waals surface area contributed by atoms with Gasteiger partial charge in [-0.1, -0.05) is 18.2 Å². The van der Waals surface area contributed by atoms with Crippen LogP contribution in [-0.2, 0) is 19.3 Å². The summed E-state index contributed by atoms with van der Waals surface area (Å²) in [5, 5.41) is 11.0. The number of hydrogen-bond acceptors (Lipinski definition) is 5. The summed E-state index contributed by atoms with van der Waals surface area (Å²) in [7, 11) is 0. The standard InChI is InChI=1S/C21H22N6O/c1-13-4-5-14-6-7-15(24-19(14)21(28)23-13)8-9-18-25-20-16-3-2-11-22-17(16)10-12-27(20)26-18/h2-3,6-7,10,12-13,22H,4-5,8-9,11H2,1H3,(H,23,28). The van der Waals surface area contributed by atoms with Gasteiger partial charge in [0.15, 0.2) is 11.5 Å². The third-order valence-corrected chi connectivity index (χ3v) is 5.36. The quantitative estimate of drug-likeness (QED) is 0.736. The van der Waals surface area contributed by atoms with Gasteiger partial charge in [-0.25, -0.2) is 14.5 Å². The highest BCUT2D eigenvalue weighted by Gasteiger charge is 2.21. The molecule has 0 aliphatic carbocycles. The van der Waals surface area contributed by atoms with E-state index >= 15 is 0 Å². The number of pyridine rings is 2.